The third-order valence-electron chi connectivity index (χ3n) is 3.58. The number of carbonyl (C=O) groups excluding carboxylic acids is 1. The first-order valence-electron chi connectivity index (χ1n) is 7.09. The Labute approximate surface area is 123 Å². The van der Waals surface area contributed by atoms with Gasteiger partial charge >= 0.3 is 12.0 Å². The number of aromatic carboxylic acids is 1. The molecule has 7 heteroatoms. The zero-order valence-electron chi connectivity index (χ0n) is 12.2. The summed E-state index contributed by atoms with van der Waals surface area (Å²) in [6, 6.07) is 2.73. The van der Waals surface area contributed by atoms with E-state index in [1.165, 1.54) is 18.9 Å². The highest BCUT2D eigenvalue weighted by atomic mass is 16.4. The molecule has 0 bridgehead atoms. The molecule has 1 saturated heterocycles. The maximum absolute atomic E-state index is 11.9. The Morgan fingerprint density at radius 2 is 2.10 bits per heavy atom. The second-order valence-corrected chi connectivity index (χ2v) is 5.20. The number of carbonyl (C=O) groups is 2. The van der Waals surface area contributed by atoms with Crippen molar-refractivity contribution in [2.24, 2.45) is 0 Å². The second kappa shape index (κ2) is 7.12. The average Bonchev–Trinajstić information content (AvgIpc) is 3.13. The summed E-state index contributed by atoms with van der Waals surface area (Å²) in [7, 11) is 1.75. The van der Waals surface area contributed by atoms with Crippen molar-refractivity contribution in [3.63, 3.8) is 0 Å². The minimum absolute atomic E-state index is 0.123. The Morgan fingerprint density at radius 1 is 1.38 bits per heavy atom. The normalized spacial score (nSPS) is 15.1. The highest BCUT2D eigenvalue weighted by Crippen LogP contribution is 2.08. The summed E-state index contributed by atoms with van der Waals surface area (Å²) >= 11 is 0. The molecule has 0 spiro atoms. The maximum atomic E-state index is 11.9. The zero-order valence-corrected chi connectivity index (χ0v) is 12.2. The third-order valence-corrected chi connectivity index (χ3v) is 3.58. The first-order valence-corrected chi connectivity index (χ1v) is 7.09. The van der Waals surface area contributed by atoms with Crippen LogP contribution in [0.3, 0.4) is 0 Å². The van der Waals surface area contributed by atoms with Crippen LogP contribution in [0, 0.1) is 0 Å². The van der Waals surface area contributed by atoms with Gasteiger partial charge in [-0.2, -0.15) is 0 Å². The fraction of sp³-hybridized carbons (Fsp3) is 0.571. The Balaban J connectivity index is 1.71. The highest BCUT2D eigenvalue weighted by molar-refractivity contribution is 5.84. The monoisotopic (exact) mass is 295 g/mol. The van der Waals surface area contributed by atoms with Gasteiger partial charge in [0, 0.05) is 20.1 Å². The van der Waals surface area contributed by atoms with E-state index in [0.717, 1.165) is 19.6 Å². The van der Waals surface area contributed by atoms with Crippen molar-refractivity contribution < 1.29 is 19.1 Å². The molecule has 21 heavy (non-hydrogen) atoms. The predicted molar refractivity (Wildman–Crippen MR) is 76.2 cm³/mol. The second-order valence-electron chi connectivity index (χ2n) is 5.20. The Hall–Kier alpha value is -2.02. The molecule has 0 atom stereocenters. The van der Waals surface area contributed by atoms with Crippen molar-refractivity contribution in [3.8, 4) is 0 Å². The lowest BCUT2D eigenvalue weighted by Crippen LogP contribution is -2.40. The number of nitrogens with one attached hydrogen (secondary N) is 1. The fourth-order valence-electron chi connectivity index (χ4n) is 2.28. The molecule has 1 aliphatic heterocycles. The lowest BCUT2D eigenvalue weighted by atomic mass is 10.4. The smallest absolute Gasteiger partial charge is 0.371 e. The van der Waals surface area contributed by atoms with Gasteiger partial charge in [-0.15, -0.1) is 0 Å². The van der Waals surface area contributed by atoms with E-state index in [0.29, 0.717) is 12.3 Å². The van der Waals surface area contributed by atoms with Gasteiger partial charge in [-0.1, -0.05) is 0 Å². The molecule has 0 aromatic carbocycles. The van der Waals surface area contributed by atoms with Crippen LogP contribution in [0.15, 0.2) is 16.5 Å². The summed E-state index contributed by atoms with van der Waals surface area (Å²) in [5, 5.41) is 11.5. The Bertz CT molecular complexity index is 494. The summed E-state index contributed by atoms with van der Waals surface area (Å²) in [6.45, 7) is 3.96. The van der Waals surface area contributed by atoms with Crippen LogP contribution in [-0.2, 0) is 6.54 Å². The summed E-state index contributed by atoms with van der Waals surface area (Å²) in [6.07, 6.45) is 2.47. The van der Waals surface area contributed by atoms with Crippen LogP contribution in [-0.4, -0.2) is 60.1 Å². The molecule has 1 aromatic rings. The van der Waals surface area contributed by atoms with Crippen LogP contribution in [0.4, 0.5) is 4.79 Å². The van der Waals surface area contributed by atoms with Crippen LogP contribution in [0.25, 0.3) is 0 Å². The lowest BCUT2D eigenvalue weighted by molar-refractivity contribution is 0.0660. The molecule has 0 aliphatic carbocycles. The molecule has 2 N–H and O–H groups in total. The summed E-state index contributed by atoms with van der Waals surface area (Å²) < 4.78 is 5.08. The molecule has 0 saturated carbocycles. The van der Waals surface area contributed by atoms with Crippen molar-refractivity contribution >= 4 is 12.0 Å². The minimum Gasteiger partial charge on any atom is -0.475 e. The molecule has 2 heterocycles. The first kappa shape index (κ1) is 15.4. The van der Waals surface area contributed by atoms with E-state index in [1.807, 2.05) is 0 Å². The zero-order chi connectivity index (χ0) is 15.2. The largest absolute Gasteiger partial charge is 0.475 e. The number of carboxylic acids is 1. The number of likely N-dealkylation sites (N-methyl/N-ethyl adjacent to an activating group) is 1. The number of hydrogen-bond donors (Lipinski definition) is 2. The molecular weight excluding hydrogens is 274 g/mol. The summed E-state index contributed by atoms with van der Waals surface area (Å²) in [5.74, 6) is -0.814. The van der Waals surface area contributed by atoms with Crippen molar-refractivity contribution in [2.75, 3.05) is 33.2 Å². The van der Waals surface area contributed by atoms with Gasteiger partial charge in [0.05, 0.1) is 6.54 Å². The molecule has 0 radical (unpaired) electrons. The molecule has 1 fully saturated rings. The van der Waals surface area contributed by atoms with E-state index in [9.17, 15) is 9.59 Å². The SMILES string of the molecule is CN(CCN1CCCC1)C(=O)NCc1ccc(C(=O)O)o1. The maximum Gasteiger partial charge on any atom is 0.371 e. The molecule has 0 unspecified atom stereocenters. The minimum atomic E-state index is -1.12. The van der Waals surface area contributed by atoms with Crippen molar-refractivity contribution in [1.82, 2.24) is 15.1 Å². The number of amides is 2. The average molecular weight is 295 g/mol. The van der Waals surface area contributed by atoms with E-state index < -0.39 is 5.97 Å². The van der Waals surface area contributed by atoms with Crippen molar-refractivity contribution in [3.05, 3.63) is 23.7 Å². The topological polar surface area (TPSA) is 86.0 Å². The standard InChI is InChI=1S/C14H21N3O4/c1-16(8-9-17-6-2-3-7-17)14(20)15-10-11-4-5-12(21-11)13(18)19/h4-5H,2-3,6-10H2,1H3,(H,15,20)(H,18,19). The lowest BCUT2D eigenvalue weighted by Gasteiger charge is -2.21. The van der Waals surface area contributed by atoms with E-state index in [2.05, 4.69) is 10.2 Å². The number of rotatable bonds is 6. The summed E-state index contributed by atoms with van der Waals surface area (Å²) in [4.78, 5) is 26.5. The third kappa shape index (κ3) is 4.49. The van der Waals surface area contributed by atoms with E-state index in [-0.39, 0.29) is 18.3 Å². The number of likely N-dealkylation sites (tertiary alicyclic amines) is 1. The number of nitrogens with zero attached hydrogens (tertiary/aromatic N) is 2. The van der Waals surface area contributed by atoms with Gasteiger partial charge in [-0.25, -0.2) is 9.59 Å². The molecule has 7 nitrogen and oxygen atoms in total. The van der Waals surface area contributed by atoms with Gasteiger partial charge in [0.1, 0.15) is 5.76 Å². The number of urea groups is 1. The van der Waals surface area contributed by atoms with Gasteiger partial charge < -0.3 is 24.6 Å². The molecule has 2 rings (SSSR count). The van der Waals surface area contributed by atoms with Crippen LogP contribution < -0.4 is 5.32 Å². The molecule has 1 aliphatic rings. The molecule has 116 valence electrons. The van der Waals surface area contributed by atoms with Crippen LogP contribution in [0.2, 0.25) is 0 Å². The van der Waals surface area contributed by atoms with Crippen LogP contribution in [0.5, 0.6) is 0 Å². The van der Waals surface area contributed by atoms with Gasteiger partial charge in [0.2, 0.25) is 5.76 Å². The highest BCUT2D eigenvalue weighted by Gasteiger charge is 2.15. The first-order chi connectivity index (χ1) is 10.1. The van der Waals surface area contributed by atoms with Gasteiger partial charge in [0.25, 0.3) is 0 Å². The number of hydrogen-bond acceptors (Lipinski definition) is 4. The van der Waals surface area contributed by atoms with Crippen molar-refractivity contribution in [2.45, 2.75) is 19.4 Å². The molecule has 1 aromatic heterocycles. The number of furan rings is 1. The Kier molecular flexibility index (Phi) is 5.21. The predicted octanol–water partition coefficient (Wildman–Crippen LogP) is 1.21. The van der Waals surface area contributed by atoms with E-state index in [1.54, 1.807) is 18.0 Å². The summed E-state index contributed by atoms with van der Waals surface area (Å²) in [5.41, 5.74) is 0. The van der Waals surface area contributed by atoms with Crippen molar-refractivity contribution in [1.29, 1.82) is 0 Å². The van der Waals surface area contributed by atoms with Gasteiger partial charge in [-0.05, 0) is 38.1 Å². The fourth-order valence-corrected chi connectivity index (χ4v) is 2.28. The van der Waals surface area contributed by atoms with Crippen LogP contribution >= 0.6 is 0 Å². The van der Waals surface area contributed by atoms with Gasteiger partial charge in [0.15, 0.2) is 0 Å². The van der Waals surface area contributed by atoms with Gasteiger partial charge in [-0.3, -0.25) is 0 Å². The van der Waals surface area contributed by atoms with E-state index >= 15 is 0 Å². The molecule has 2 amide bonds. The Morgan fingerprint density at radius 3 is 2.71 bits per heavy atom. The number of carboxylic acid groups (broad SMARTS) is 1. The quantitative estimate of drug-likeness (QED) is 0.824. The molecular formula is C14H21N3O4. The van der Waals surface area contributed by atoms with Crippen LogP contribution in [0.1, 0.15) is 29.2 Å². The van der Waals surface area contributed by atoms with E-state index in [4.69, 9.17) is 9.52 Å².